The molecule has 0 amide bonds. The molecule has 18 heavy (non-hydrogen) atoms. The van der Waals surface area contributed by atoms with Crippen LogP contribution in [0.1, 0.15) is 33.9 Å². The van der Waals surface area contributed by atoms with E-state index in [1.807, 2.05) is 19.9 Å². The van der Waals surface area contributed by atoms with Gasteiger partial charge in [-0.3, -0.25) is 0 Å². The van der Waals surface area contributed by atoms with E-state index in [1.54, 1.807) is 35.0 Å². The van der Waals surface area contributed by atoms with E-state index in [0.29, 0.717) is 5.69 Å². The number of carboxylic acid groups (broad SMARTS) is 1. The van der Waals surface area contributed by atoms with E-state index >= 15 is 0 Å². The monoisotopic (exact) mass is 262 g/mol. The minimum absolute atomic E-state index is 0.0398. The predicted molar refractivity (Wildman–Crippen MR) is 72.3 cm³/mol. The van der Waals surface area contributed by atoms with Crippen molar-refractivity contribution in [2.75, 3.05) is 5.32 Å². The van der Waals surface area contributed by atoms with Gasteiger partial charge in [-0.15, -0.1) is 11.3 Å². The number of hydrogen-bond acceptors (Lipinski definition) is 4. The van der Waals surface area contributed by atoms with Crippen LogP contribution in [-0.2, 0) is 0 Å². The van der Waals surface area contributed by atoms with E-state index in [2.05, 4.69) is 10.3 Å². The summed E-state index contributed by atoms with van der Waals surface area (Å²) in [6.07, 6.45) is 0. The first-order chi connectivity index (χ1) is 8.59. The van der Waals surface area contributed by atoms with E-state index in [-0.39, 0.29) is 11.6 Å². The van der Waals surface area contributed by atoms with Crippen LogP contribution in [0.5, 0.6) is 0 Å². The van der Waals surface area contributed by atoms with E-state index in [4.69, 9.17) is 5.11 Å². The number of para-hydroxylation sites is 1. The van der Waals surface area contributed by atoms with Crippen LogP contribution in [0.4, 0.5) is 5.69 Å². The number of hydrogen-bond donors (Lipinski definition) is 2. The van der Waals surface area contributed by atoms with E-state index < -0.39 is 5.97 Å². The molecule has 0 radical (unpaired) electrons. The summed E-state index contributed by atoms with van der Waals surface area (Å²) in [5.41, 5.74) is 3.69. The number of anilines is 1. The topological polar surface area (TPSA) is 62.2 Å². The normalized spacial score (nSPS) is 12.1. The Morgan fingerprint density at radius 3 is 2.78 bits per heavy atom. The Morgan fingerprint density at radius 1 is 1.44 bits per heavy atom. The van der Waals surface area contributed by atoms with Crippen molar-refractivity contribution in [2.45, 2.75) is 19.9 Å². The zero-order valence-corrected chi connectivity index (χ0v) is 11.0. The van der Waals surface area contributed by atoms with Gasteiger partial charge in [-0.2, -0.15) is 0 Å². The number of benzene rings is 1. The van der Waals surface area contributed by atoms with Crippen molar-refractivity contribution in [3.05, 3.63) is 45.9 Å². The number of aromatic carboxylic acids is 1. The van der Waals surface area contributed by atoms with Crippen molar-refractivity contribution in [3.63, 3.8) is 0 Å². The summed E-state index contributed by atoms with van der Waals surface area (Å²) < 4.78 is 0. The van der Waals surface area contributed by atoms with Crippen molar-refractivity contribution in [1.29, 1.82) is 0 Å². The lowest BCUT2D eigenvalue weighted by atomic mass is 10.1. The van der Waals surface area contributed by atoms with Gasteiger partial charge in [0, 0.05) is 10.6 Å². The molecule has 2 aromatic rings. The molecule has 1 aromatic heterocycles. The van der Waals surface area contributed by atoms with Crippen LogP contribution in [0.3, 0.4) is 0 Å². The molecule has 0 fully saturated rings. The number of rotatable bonds is 4. The second-order valence-corrected chi connectivity index (χ2v) is 4.91. The van der Waals surface area contributed by atoms with Gasteiger partial charge in [-0.1, -0.05) is 12.1 Å². The third-order valence-corrected chi connectivity index (χ3v) is 3.82. The predicted octanol–water partition coefficient (Wildman–Crippen LogP) is 3.32. The third kappa shape index (κ3) is 2.51. The Kier molecular flexibility index (Phi) is 3.62. The Balaban J connectivity index is 2.25. The summed E-state index contributed by atoms with van der Waals surface area (Å²) in [5, 5.41) is 12.3. The molecule has 94 valence electrons. The lowest BCUT2D eigenvalue weighted by Crippen LogP contribution is -2.10. The summed E-state index contributed by atoms with van der Waals surface area (Å²) in [4.78, 5) is 16.4. The van der Waals surface area contributed by atoms with Gasteiger partial charge in [-0.05, 0) is 26.0 Å². The molecule has 5 heteroatoms. The number of carbonyl (C=O) groups is 1. The second kappa shape index (κ2) is 5.18. The summed E-state index contributed by atoms with van der Waals surface area (Å²) >= 11 is 1.57. The molecular weight excluding hydrogens is 248 g/mol. The average molecular weight is 262 g/mol. The summed E-state index contributed by atoms with van der Waals surface area (Å²) in [5.74, 6) is -0.925. The Hall–Kier alpha value is -1.88. The van der Waals surface area contributed by atoms with Crippen LogP contribution in [0.2, 0.25) is 0 Å². The van der Waals surface area contributed by atoms with E-state index in [1.165, 1.54) is 0 Å². The third-order valence-electron chi connectivity index (χ3n) is 2.71. The number of aromatic nitrogens is 1. The number of nitrogens with zero attached hydrogens (tertiary/aromatic N) is 1. The van der Waals surface area contributed by atoms with E-state index in [9.17, 15) is 4.79 Å². The van der Waals surface area contributed by atoms with Crippen LogP contribution in [0.25, 0.3) is 0 Å². The van der Waals surface area contributed by atoms with Crippen LogP contribution < -0.4 is 5.32 Å². The minimum Gasteiger partial charge on any atom is -0.478 e. The van der Waals surface area contributed by atoms with Gasteiger partial charge < -0.3 is 10.4 Å². The molecule has 0 aliphatic heterocycles. The number of nitrogens with one attached hydrogen (secondary N) is 1. The zero-order valence-electron chi connectivity index (χ0n) is 10.2. The lowest BCUT2D eigenvalue weighted by molar-refractivity contribution is 0.0698. The lowest BCUT2D eigenvalue weighted by Gasteiger charge is -2.16. The maximum absolute atomic E-state index is 11.1. The first-order valence-electron chi connectivity index (χ1n) is 5.58. The van der Waals surface area contributed by atoms with Crippen molar-refractivity contribution in [1.82, 2.24) is 4.98 Å². The van der Waals surface area contributed by atoms with Crippen molar-refractivity contribution in [3.8, 4) is 0 Å². The van der Waals surface area contributed by atoms with Gasteiger partial charge in [-0.25, -0.2) is 9.78 Å². The SMILES string of the molecule is Cc1ncsc1C(C)Nc1ccccc1C(=O)O. The highest BCUT2D eigenvalue weighted by atomic mass is 32.1. The quantitative estimate of drug-likeness (QED) is 0.887. The van der Waals surface area contributed by atoms with Crippen molar-refractivity contribution in [2.24, 2.45) is 0 Å². The van der Waals surface area contributed by atoms with E-state index in [0.717, 1.165) is 10.6 Å². The standard InChI is InChI=1S/C13H14N2O2S/c1-8-12(18-7-14-8)9(2)15-11-6-4-3-5-10(11)13(16)17/h3-7,9,15H,1-2H3,(H,16,17). The molecule has 1 atom stereocenters. The highest BCUT2D eigenvalue weighted by Gasteiger charge is 2.14. The molecule has 0 aliphatic carbocycles. The number of aryl methyl sites for hydroxylation is 1. The summed E-state index contributed by atoms with van der Waals surface area (Å²) in [6, 6.07) is 6.95. The van der Waals surface area contributed by atoms with Gasteiger partial charge in [0.25, 0.3) is 0 Å². The van der Waals surface area contributed by atoms with Crippen LogP contribution in [0.15, 0.2) is 29.8 Å². The average Bonchev–Trinajstić information content (AvgIpc) is 2.76. The van der Waals surface area contributed by atoms with Gasteiger partial charge >= 0.3 is 5.97 Å². The van der Waals surface area contributed by atoms with Gasteiger partial charge in [0.15, 0.2) is 0 Å². The highest BCUT2D eigenvalue weighted by Crippen LogP contribution is 2.26. The molecule has 4 nitrogen and oxygen atoms in total. The molecular formula is C13H14N2O2S. The molecule has 1 heterocycles. The maximum Gasteiger partial charge on any atom is 0.337 e. The fourth-order valence-electron chi connectivity index (χ4n) is 1.82. The smallest absolute Gasteiger partial charge is 0.337 e. The summed E-state index contributed by atoms with van der Waals surface area (Å²) in [7, 11) is 0. The highest BCUT2D eigenvalue weighted by molar-refractivity contribution is 7.09. The maximum atomic E-state index is 11.1. The number of thiazole rings is 1. The molecule has 2 rings (SSSR count). The molecule has 0 saturated carbocycles. The largest absolute Gasteiger partial charge is 0.478 e. The fraction of sp³-hybridized carbons (Fsp3) is 0.231. The molecule has 0 bridgehead atoms. The number of carboxylic acids is 1. The van der Waals surface area contributed by atoms with Gasteiger partial charge in [0.2, 0.25) is 0 Å². The summed E-state index contributed by atoms with van der Waals surface area (Å²) in [6.45, 7) is 3.95. The first kappa shape index (κ1) is 12.6. The van der Waals surface area contributed by atoms with Gasteiger partial charge in [0.1, 0.15) is 0 Å². The fourth-order valence-corrected chi connectivity index (χ4v) is 2.63. The first-order valence-corrected chi connectivity index (χ1v) is 6.46. The second-order valence-electron chi connectivity index (χ2n) is 4.02. The zero-order chi connectivity index (χ0) is 13.1. The Bertz CT molecular complexity index is 566. The molecule has 1 unspecified atom stereocenters. The molecule has 0 saturated heterocycles. The Morgan fingerprint density at radius 2 is 2.17 bits per heavy atom. The van der Waals surface area contributed by atoms with Crippen LogP contribution in [-0.4, -0.2) is 16.1 Å². The van der Waals surface area contributed by atoms with Crippen LogP contribution >= 0.6 is 11.3 Å². The van der Waals surface area contributed by atoms with Crippen molar-refractivity contribution < 1.29 is 9.90 Å². The molecule has 0 aliphatic rings. The Labute approximate surface area is 109 Å². The molecule has 0 spiro atoms. The van der Waals surface area contributed by atoms with Crippen molar-refractivity contribution >= 4 is 23.0 Å². The molecule has 1 aromatic carbocycles. The molecule has 2 N–H and O–H groups in total. The minimum atomic E-state index is -0.925. The van der Waals surface area contributed by atoms with Gasteiger partial charge in [0.05, 0.1) is 22.8 Å². The van der Waals surface area contributed by atoms with Crippen LogP contribution in [0, 0.1) is 6.92 Å².